The number of nitrogens with one attached hydrogen (secondary N) is 1. The summed E-state index contributed by atoms with van der Waals surface area (Å²) in [5.74, 6) is 1.28. The molecule has 2 rings (SSSR count). The van der Waals surface area contributed by atoms with Gasteiger partial charge >= 0.3 is 0 Å². The molecule has 0 fully saturated rings. The first-order valence-corrected chi connectivity index (χ1v) is 6.34. The van der Waals surface area contributed by atoms with Crippen molar-refractivity contribution in [1.29, 1.82) is 0 Å². The first-order valence-electron chi connectivity index (χ1n) is 5.61. The van der Waals surface area contributed by atoms with Gasteiger partial charge in [0.2, 0.25) is 5.88 Å². The minimum atomic E-state index is -0.607. The van der Waals surface area contributed by atoms with Crippen LogP contribution in [0.25, 0.3) is 0 Å². The SMILES string of the molecule is C[C@@H](NCC(O)COc1cnsn1)c1ccco1. The minimum absolute atomic E-state index is 0.0515. The molecule has 98 valence electrons. The van der Waals surface area contributed by atoms with Crippen LogP contribution in [-0.4, -0.2) is 33.1 Å². The lowest BCUT2D eigenvalue weighted by atomic mass is 10.2. The van der Waals surface area contributed by atoms with Crippen molar-refractivity contribution in [2.75, 3.05) is 13.2 Å². The number of ether oxygens (including phenoxy) is 1. The highest BCUT2D eigenvalue weighted by Crippen LogP contribution is 2.12. The molecule has 0 saturated heterocycles. The van der Waals surface area contributed by atoms with Gasteiger partial charge in [-0.1, -0.05) is 0 Å². The second-order valence-corrected chi connectivity index (χ2v) is 4.41. The maximum Gasteiger partial charge on any atom is 0.245 e. The van der Waals surface area contributed by atoms with Crippen molar-refractivity contribution < 1.29 is 14.3 Å². The molecule has 1 unspecified atom stereocenters. The molecular formula is C11H15N3O3S. The summed E-state index contributed by atoms with van der Waals surface area (Å²) in [5, 5.41) is 12.9. The Hall–Kier alpha value is -1.44. The summed E-state index contributed by atoms with van der Waals surface area (Å²) < 4.78 is 18.2. The van der Waals surface area contributed by atoms with E-state index in [2.05, 4.69) is 14.1 Å². The van der Waals surface area contributed by atoms with E-state index >= 15 is 0 Å². The van der Waals surface area contributed by atoms with Gasteiger partial charge in [0.05, 0.1) is 24.0 Å². The fourth-order valence-corrected chi connectivity index (χ4v) is 1.78. The van der Waals surface area contributed by atoms with Crippen LogP contribution in [-0.2, 0) is 0 Å². The molecule has 18 heavy (non-hydrogen) atoms. The van der Waals surface area contributed by atoms with Gasteiger partial charge in [0, 0.05) is 6.54 Å². The van der Waals surface area contributed by atoms with E-state index in [4.69, 9.17) is 9.15 Å². The molecule has 2 heterocycles. The molecule has 2 atom stereocenters. The second kappa shape index (κ2) is 6.48. The average Bonchev–Trinajstić information content (AvgIpc) is 3.05. The molecule has 0 aliphatic rings. The molecule has 7 heteroatoms. The van der Waals surface area contributed by atoms with Crippen molar-refractivity contribution >= 4 is 11.7 Å². The van der Waals surface area contributed by atoms with Crippen molar-refractivity contribution in [1.82, 2.24) is 14.1 Å². The molecule has 2 aromatic rings. The summed E-state index contributed by atoms with van der Waals surface area (Å²) in [6.45, 7) is 2.57. The lowest BCUT2D eigenvalue weighted by Crippen LogP contribution is -2.32. The zero-order chi connectivity index (χ0) is 12.8. The van der Waals surface area contributed by atoms with Crippen LogP contribution in [0.4, 0.5) is 0 Å². The zero-order valence-electron chi connectivity index (χ0n) is 9.94. The highest BCUT2D eigenvalue weighted by Gasteiger charge is 2.11. The Morgan fingerprint density at radius 3 is 3.17 bits per heavy atom. The Kier molecular flexibility index (Phi) is 4.68. The van der Waals surface area contributed by atoms with E-state index in [0.717, 1.165) is 17.5 Å². The van der Waals surface area contributed by atoms with Crippen LogP contribution in [0.15, 0.2) is 29.0 Å². The Labute approximate surface area is 109 Å². The van der Waals surface area contributed by atoms with Crippen molar-refractivity contribution in [3.63, 3.8) is 0 Å². The number of rotatable bonds is 7. The van der Waals surface area contributed by atoms with Crippen LogP contribution in [0.3, 0.4) is 0 Å². The Bertz CT molecular complexity index is 432. The van der Waals surface area contributed by atoms with Gasteiger partial charge in [0.1, 0.15) is 24.7 Å². The maximum atomic E-state index is 9.73. The standard InChI is InChI=1S/C11H15N3O3S/c1-8(10-3-2-4-16-10)12-5-9(15)7-17-11-6-13-18-14-11/h2-4,6,8-9,12,15H,5,7H2,1H3/t8-,9?/m1/s1. The van der Waals surface area contributed by atoms with E-state index in [9.17, 15) is 5.11 Å². The van der Waals surface area contributed by atoms with Crippen LogP contribution in [0.1, 0.15) is 18.7 Å². The molecule has 0 saturated carbocycles. The third-order valence-corrected chi connectivity index (χ3v) is 2.86. The molecule has 6 nitrogen and oxygen atoms in total. The molecule has 0 aliphatic heterocycles. The van der Waals surface area contributed by atoms with E-state index < -0.39 is 6.10 Å². The van der Waals surface area contributed by atoms with Gasteiger partial charge in [0.25, 0.3) is 0 Å². The van der Waals surface area contributed by atoms with Gasteiger partial charge in [-0.25, -0.2) is 0 Å². The summed E-state index contributed by atoms with van der Waals surface area (Å²) in [5.41, 5.74) is 0. The molecule has 0 aliphatic carbocycles. The van der Waals surface area contributed by atoms with E-state index in [1.165, 1.54) is 6.20 Å². The van der Waals surface area contributed by atoms with Gasteiger partial charge in [-0.15, -0.1) is 4.37 Å². The number of aliphatic hydroxyl groups is 1. The van der Waals surface area contributed by atoms with Crippen molar-refractivity contribution in [2.24, 2.45) is 0 Å². The molecule has 2 aromatic heterocycles. The van der Waals surface area contributed by atoms with E-state index in [1.807, 2.05) is 19.1 Å². The third kappa shape index (κ3) is 3.80. The zero-order valence-corrected chi connectivity index (χ0v) is 10.8. The fourth-order valence-electron chi connectivity index (χ4n) is 1.41. The van der Waals surface area contributed by atoms with E-state index in [-0.39, 0.29) is 12.6 Å². The summed E-state index contributed by atoms with van der Waals surface area (Å²) in [6, 6.07) is 3.78. The topological polar surface area (TPSA) is 80.4 Å². The molecule has 0 radical (unpaired) electrons. The Morgan fingerprint density at radius 1 is 1.61 bits per heavy atom. The van der Waals surface area contributed by atoms with Gasteiger partial charge in [0.15, 0.2) is 0 Å². The van der Waals surface area contributed by atoms with Crippen molar-refractivity contribution in [3.05, 3.63) is 30.4 Å². The van der Waals surface area contributed by atoms with Crippen LogP contribution in [0.5, 0.6) is 5.88 Å². The normalized spacial score (nSPS) is 14.3. The quantitative estimate of drug-likeness (QED) is 0.786. The van der Waals surface area contributed by atoms with Crippen molar-refractivity contribution in [3.8, 4) is 5.88 Å². The molecular weight excluding hydrogens is 254 g/mol. The van der Waals surface area contributed by atoms with E-state index in [0.29, 0.717) is 12.4 Å². The first kappa shape index (κ1) is 13.0. The molecule has 0 aromatic carbocycles. The lowest BCUT2D eigenvalue weighted by Gasteiger charge is -2.15. The summed E-state index contributed by atoms with van der Waals surface area (Å²) in [7, 11) is 0. The number of hydrogen-bond donors (Lipinski definition) is 2. The summed E-state index contributed by atoms with van der Waals surface area (Å²) >= 11 is 1.07. The van der Waals surface area contributed by atoms with Crippen LogP contribution in [0.2, 0.25) is 0 Å². The van der Waals surface area contributed by atoms with Gasteiger partial charge in [-0.2, -0.15) is 4.37 Å². The predicted octanol–water partition coefficient (Wildman–Crippen LogP) is 1.22. The number of furan rings is 1. The highest BCUT2D eigenvalue weighted by molar-refractivity contribution is 6.99. The smallest absolute Gasteiger partial charge is 0.245 e. The number of aromatic nitrogens is 2. The van der Waals surface area contributed by atoms with Gasteiger partial charge < -0.3 is 19.6 Å². The lowest BCUT2D eigenvalue weighted by molar-refractivity contribution is 0.101. The van der Waals surface area contributed by atoms with Gasteiger partial charge in [-0.3, -0.25) is 0 Å². The van der Waals surface area contributed by atoms with Crippen LogP contribution >= 0.6 is 11.7 Å². The van der Waals surface area contributed by atoms with E-state index in [1.54, 1.807) is 6.26 Å². The average molecular weight is 269 g/mol. The third-order valence-electron chi connectivity index (χ3n) is 2.39. The van der Waals surface area contributed by atoms with Crippen molar-refractivity contribution in [2.45, 2.75) is 19.1 Å². The molecule has 0 spiro atoms. The minimum Gasteiger partial charge on any atom is -0.473 e. The largest absolute Gasteiger partial charge is 0.473 e. The summed E-state index contributed by atoms with van der Waals surface area (Å²) in [4.78, 5) is 0. The van der Waals surface area contributed by atoms with Crippen LogP contribution < -0.4 is 10.1 Å². The number of nitrogens with zero attached hydrogens (tertiary/aromatic N) is 2. The summed E-state index contributed by atoms with van der Waals surface area (Å²) in [6.07, 6.45) is 2.54. The Morgan fingerprint density at radius 2 is 2.50 bits per heavy atom. The van der Waals surface area contributed by atoms with Gasteiger partial charge in [-0.05, 0) is 19.1 Å². The first-order chi connectivity index (χ1) is 8.75. The molecule has 0 amide bonds. The number of aliphatic hydroxyl groups excluding tert-OH is 1. The predicted molar refractivity (Wildman–Crippen MR) is 66.5 cm³/mol. The number of hydrogen-bond acceptors (Lipinski definition) is 7. The molecule has 0 bridgehead atoms. The molecule has 2 N–H and O–H groups in total. The highest BCUT2D eigenvalue weighted by atomic mass is 32.1. The second-order valence-electron chi connectivity index (χ2n) is 3.86. The fraction of sp³-hybridized carbons (Fsp3) is 0.455. The Balaban J connectivity index is 1.67. The van der Waals surface area contributed by atoms with Crippen LogP contribution in [0, 0.1) is 0 Å². The monoisotopic (exact) mass is 269 g/mol. The maximum absolute atomic E-state index is 9.73.